The van der Waals surface area contributed by atoms with Crippen molar-refractivity contribution in [2.75, 3.05) is 13.2 Å². The van der Waals surface area contributed by atoms with E-state index in [1.165, 1.54) is 13.8 Å². The zero-order valence-electron chi connectivity index (χ0n) is 8.78. The molecule has 1 atom stereocenters. The summed E-state index contributed by atoms with van der Waals surface area (Å²) in [6.07, 6.45) is -1.79. The molecule has 0 saturated carbocycles. The third-order valence-electron chi connectivity index (χ3n) is 1.64. The van der Waals surface area contributed by atoms with Crippen molar-refractivity contribution in [3.8, 4) is 0 Å². The van der Waals surface area contributed by atoms with Gasteiger partial charge >= 0.3 is 0 Å². The number of ether oxygens (including phenoxy) is 2. The smallest absolute Gasteiger partial charge is 0.186 e. The lowest BCUT2D eigenvalue weighted by Crippen LogP contribution is -2.47. The van der Waals surface area contributed by atoms with Crippen molar-refractivity contribution in [2.24, 2.45) is 0 Å². The van der Waals surface area contributed by atoms with Gasteiger partial charge in [-0.3, -0.25) is 0 Å². The molecule has 0 heterocycles. The van der Waals surface area contributed by atoms with Crippen LogP contribution in [0.25, 0.3) is 0 Å². The normalized spacial score (nSPS) is 15.0. The number of rotatable bonds is 6. The maximum absolute atomic E-state index is 9.61. The summed E-state index contributed by atoms with van der Waals surface area (Å²) in [4.78, 5) is 0. The third kappa shape index (κ3) is 4.57. The highest BCUT2D eigenvalue weighted by molar-refractivity contribution is 4.79. The van der Waals surface area contributed by atoms with Crippen LogP contribution in [0.5, 0.6) is 0 Å². The summed E-state index contributed by atoms with van der Waals surface area (Å²) in [7, 11) is 0. The molecule has 0 rings (SSSR count). The minimum atomic E-state index is -1.21. The molecule has 13 heavy (non-hydrogen) atoms. The Labute approximate surface area is 79.5 Å². The van der Waals surface area contributed by atoms with E-state index in [4.69, 9.17) is 9.47 Å². The van der Waals surface area contributed by atoms with Crippen LogP contribution >= 0.6 is 0 Å². The van der Waals surface area contributed by atoms with Crippen molar-refractivity contribution in [1.29, 1.82) is 0 Å². The van der Waals surface area contributed by atoms with E-state index in [1.807, 2.05) is 13.8 Å². The van der Waals surface area contributed by atoms with E-state index in [-0.39, 0.29) is 0 Å². The Kier molecular flexibility index (Phi) is 5.48. The number of hydrogen-bond donors (Lipinski definition) is 2. The summed E-state index contributed by atoms with van der Waals surface area (Å²) < 4.78 is 10.3. The molecule has 80 valence electrons. The van der Waals surface area contributed by atoms with Crippen LogP contribution in [0.4, 0.5) is 0 Å². The minimum Gasteiger partial charge on any atom is -0.388 e. The van der Waals surface area contributed by atoms with Gasteiger partial charge < -0.3 is 19.7 Å². The highest BCUT2D eigenvalue weighted by Gasteiger charge is 2.33. The fourth-order valence-corrected chi connectivity index (χ4v) is 0.892. The minimum absolute atomic E-state index is 0.442. The van der Waals surface area contributed by atoms with E-state index in [2.05, 4.69) is 0 Å². The molecule has 0 spiro atoms. The molecule has 2 N–H and O–H groups in total. The zero-order chi connectivity index (χ0) is 10.5. The first-order chi connectivity index (χ1) is 5.93. The van der Waals surface area contributed by atoms with Gasteiger partial charge in [0.2, 0.25) is 0 Å². The van der Waals surface area contributed by atoms with Crippen LogP contribution in [-0.2, 0) is 9.47 Å². The third-order valence-corrected chi connectivity index (χ3v) is 1.64. The molecule has 0 aromatic carbocycles. The Bertz CT molecular complexity index is 124. The van der Waals surface area contributed by atoms with Gasteiger partial charge in [0.1, 0.15) is 6.10 Å². The van der Waals surface area contributed by atoms with Crippen molar-refractivity contribution in [3.63, 3.8) is 0 Å². The van der Waals surface area contributed by atoms with Crippen LogP contribution in [-0.4, -0.2) is 41.4 Å². The summed E-state index contributed by atoms with van der Waals surface area (Å²) in [5.41, 5.74) is -1.21. The Morgan fingerprint density at radius 1 is 1.15 bits per heavy atom. The molecule has 0 bridgehead atoms. The van der Waals surface area contributed by atoms with Crippen LogP contribution in [0, 0.1) is 0 Å². The number of aliphatic hydroxyl groups is 2. The molecule has 1 unspecified atom stereocenters. The number of aliphatic hydroxyl groups excluding tert-OH is 1. The average Bonchev–Trinajstić information content (AvgIpc) is 2.01. The monoisotopic (exact) mass is 192 g/mol. The van der Waals surface area contributed by atoms with Crippen LogP contribution in [0.2, 0.25) is 0 Å². The van der Waals surface area contributed by atoms with E-state index < -0.39 is 18.0 Å². The summed E-state index contributed by atoms with van der Waals surface area (Å²) >= 11 is 0. The van der Waals surface area contributed by atoms with E-state index in [1.54, 1.807) is 0 Å². The molecule has 0 aliphatic rings. The van der Waals surface area contributed by atoms with Crippen LogP contribution in [0.3, 0.4) is 0 Å². The number of hydrogen-bond acceptors (Lipinski definition) is 4. The molecule has 0 amide bonds. The van der Waals surface area contributed by atoms with Gasteiger partial charge in [-0.15, -0.1) is 0 Å². The topological polar surface area (TPSA) is 58.9 Å². The van der Waals surface area contributed by atoms with Crippen LogP contribution in [0.1, 0.15) is 27.7 Å². The van der Waals surface area contributed by atoms with Crippen molar-refractivity contribution in [1.82, 2.24) is 0 Å². The SMILES string of the molecule is CCOC(OCC)C(O)C(C)(C)O. The van der Waals surface area contributed by atoms with Crippen molar-refractivity contribution < 1.29 is 19.7 Å². The highest BCUT2D eigenvalue weighted by Crippen LogP contribution is 2.15. The van der Waals surface area contributed by atoms with Gasteiger partial charge in [-0.1, -0.05) is 0 Å². The van der Waals surface area contributed by atoms with E-state index >= 15 is 0 Å². The Morgan fingerprint density at radius 3 is 1.77 bits per heavy atom. The van der Waals surface area contributed by atoms with Crippen LogP contribution in [0.15, 0.2) is 0 Å². The fourth-order valence-electron chi connectivity index (χ4n) is 0.892. The Hall–Kier alpha value is -0.160. The first-order valence-electron chi connectivity index (χ1n) is 4.57. The maximum atomic E-state index is 9.61. The van der Waals surface area contributed by atoms with E-state index in [0.717, 1.165) is 0 Å². The lowest BCUT2D eigenvalue weighted by Gasteiger charge is -2.30. The van der Waals surface area contributed by atoms with Gasteiger partial charge in [0, 0.05) is 13.2 Å². The lowest BCUT2D eigenvalue weighted by atomic mass is 10.0. The molecule has 0 saturated heterocycles. The standard InChI is InChI=1S/C9H20O4/c1-5-12-8(13-6-2)7(10)9(3,4)11/h7-8,10-11H,5-6H2,1-4H3. The largest absolute Gasteiger partial charge is 0.388 e. The molecule has 0 radical (unpaired) electrons. The molecular formula is C9H20O4. The second-order valence-corrected chi connectivity index (χ2v) is 3.38. The van der Waals surface area contributed by atoms with Gasteiger partial charge in [-0.05, 0) is 27.7 Å². The first kappa shape index (κ1) is 12.8. The molecule has 4 nitrogen and oxygen atoms in total. The predicted octanol–water partition coefficient (Wildman–Crippen LogP) is 0.517. The van der Waals surface area contributed by atoms with Gasteiger partial charge in [0.15, 0.2) is 6.29 Å². The van der Waals surface area contributed by atoms with Crippen LogP contribution < -0.4 is 0 Å². The fraction of sp³-hybridized carbons (Fsp3) is 1.00. The van der Waals surface area contributed by atoms with Gasteiger partial charge in [0.05, 0.1) is 5.60 Å². The van der Waals surface area contributed by atoms with Crippen molar-refractivity contribution in [2.45, 2.75) is 45.7 Å². The van der Waals surface area contributed by atoms with Gasteiger partial charge in [-0.2, -0.15) is 0 Å². The lowest BCUT2D eigenvalue weighted by molar-refractivity contribution is -0.228. The first-order valence-corrected chi connectivity index (χ1v) is 4.57. The molecular weight excluding hydrogens is 172 g/mol. The average molecular weight is 192 g/mol. The molecule has 0 aliphatic carbocycles. The van der Waals surface area contributed by atoms with Crippen molar-refractivity contribution in [3.05, 3.63) is 0 Å². The summed E-state index contributed by atoms with van der Waals surface area (Å²) in [6, 6.07) is 0. The summed E-state index contributed by atoms with van der Waals surface area (Å²) in [5, 5.41) is 19.1. The Balaban J connectivity index is 4.18. The summed E-state index contributed by atoms with van der Waals surface area (Å²) in [5.74, 6) is 0. The molecule has 0 aromatic rings. The van der Waals surface area contributed by atoms with E-state index in [9.17, 15) is 10.2 Å². The molecule has 0 fully saturated rings. The quantitative estimate of drug-likeness (QED) is 0.602. The Morgan fingerprint density at radius 2 is 1.54 bits per heavy atom. The van der Waals surface area contributed by atoms with Crippen molar-refractivity contribution >= 4 is 0 Å². The predicted molar refractivity (Wildman–Crippen MR) is 49.3 cm³/mol. The summed E-state index contributed by atoms with van der Waals surface area (Å²) in [6.45, 7) is 7.53. The maximum Gasteiger partial charge on any atom is 0.186 e. The second-order valence-electron chi connectivity index (χ2n) is 3.38. The molecule has 4 heteroatoms. The zero-order valence-corrected chi connectivity index (χ0v) is 8.78. The van der Waals surface area contributed by atoms with E-state index in [0.29, 0.717) is 13.2 Å². The second kappa shape index (κ2) is 5.54. The van der Waals surface area contributed by atoms with Gasteiger partial charge in [0.25, 0.3) is 0 Å². The molecule has 0 aromatic heterocycles. The highest BCUT2D eigenvalue weighted by atomic mass is 16.7. The molecule has 0 aliphatic heterocycles. The van der Waals surface area contributed by atoms with Gasteiger partial charge in [-0.25, -0.2) is 0 Å².